The number of hydrogen-bond donors (Lipinski definition) is 1. The Balaban J connectivity index is 1.38. The van der Waals surface area contributed by atoms with Crippen LogP contribution in [0.5, 0.6) is 11.5 Å². The number of aromatic nitrogens is 2. The predicted molar refractivity (Wildman–Crippen MR) is 111 cm³/mol. The number of aryl methyl sites for hydroxylation is 1. The van der Waals surface area contributed by atoms with Crippen LogP contribution in [0.4, 0.5) is 10.6 Å². The Kier molecular flexibility index (Phi) is 5.93. The summed E-state index contributed by atoms with van der Waals surface area (Å²) in [4.78, 5) is 25.8. The van der Waals surface area contributed by atoms with Gasteiger partial charge in [0.25, 0.3) is 0 Å². The van der Waals surface area contributed by atoms with Gasteiger partial charge in [-0.05, 0) is 12.1 Å². The number of ether oxygens (including phenoxy) is 3. The van der Waals surface area contributed by atoms with Crippen LogP contribution >= 0.6 is 0 Å². The summed E-state index contributed by atoms with van der Waals surface area (Å²) in [6.07, 6.45) is 0. The Morgan fingerprint density at radius 1 is 1.06 bits per heavy atom. The summed E-state index contributed by atoms with van der Waals surface area (Å²) in [5.41, 5.74) is 0.193. The first-order valence-electron chi connectivity index (χ1n) is 9.87. The number of carbonyl (C=O) groups is 2. The number of nitrogens with zero attached hydrogens (tertiary/aromatic N) is 4. The standard InChI is InChI=1S/C19H23N5O7S/c1-22-14(18(25)29-2)12-17(21-22)20-19(26)23-5-7-24(8-6-23)32(27,28)13-3-4-15-16(11-13)31-10-9-30-15/h3-4,11-12H,5-10H2,1-2H3,(H,20,21,26). The molecule has 2 aliphatic heterocycles. The minimum absolute atomic E-state index is 0.114. The number of sulfonamides is 1. The van der Waals surface area contributed by atoms with Crippen LogP contribution < -0.4 is 14.8 Å². The third-order valence-corrected chi connectivity index (χ3v) is 7.08. The number of hydrogen-bond acceptors (Lipinski definition) is 8. The molecular formula is C19H23N5O7S. The first-order valence-corrected chi connectivity index (χ1v) is 11.3. The molecule has 1 aromatic heterocycles. The van der Waals surface area contributed by atoms with Crippen molar-refractivity contribution in [2.24, 2.45) is 7.05 Å². The summed E-state index contributed by atoms with van der Waals surface area (Å²) < 4.78 is 44.3. The van der Waals surface area contributed by atoms with Crippen LogP contribution in [0, 0.1) is 0 Å². The van der Waals surface area contributed by atoms with Crippen LogP contribution in [0.2, 0.25) is 0 Å². The molecule has 0 atom stereocenters. The molecule has 0 saturated carbocycles. The van der Waals surface area contributed by atoms with Crippen molar-refractivity contribution in [3.63, 3.8) is 0 Å². The molecule has 32 heavy (non-hydrogen) atoms. The summed E-state index contributed by atoms with van der Waals surface area (Å²) in [6.45, 7) is 1.46. The highest BCUT2D eigenvalue weighted by Crippen LogP contribution is 2.33. The van der Waals surface area contributed by atoms with Crippen LogP contribution in [0.1, 0.15) is 10.5 Å². The number of methoxy groups -OCH3 is 1. The topological polar surface area (TPSA) is 132 Å². The summed E-state index contributed by atoms with van der Waals surface area (Å²) in [6, 6.07) is 5.51. The van der Waals surface area contributed by atoms with E-state index in [9.17, 15) is 18.0 Å². The zero-order chi connectivity index (χ0) is 22.9. The largest absolute Gasteiger partial charge is 0.486 e. The van der Waals surface area contributed by atoms with E-state index in [-0.39, 0.29) is 42.6 Å². The molecule has 0 spiro atoms. The van der Waals surface area contributed by atoms with Gasteiger partial charge in [-0.15, -0.1) is 0 Å². The highest BCUT2D eigenvalue weighted by Gasteiger charge is 2.31. The van der Waals surface area contributed by atoms with E-state index in [1.807, 2.05) is 0 Å². The van der Waals surface area contributed by atoms with Gasteiger partial charge in [-0.3, -0.25) is 10.00 Å². The van der Waals surface area contributed by atoms with Crippen LogP contribution in [-0.4, -0.2) is 85.9 Å². The molecule has 1 fully saturated rings. The van der Waals surface area contributed by atoms with Gasteiger partial charge in [0.05, 0.1) is 12.0 Å². The first-order chi connectivity index (χ1) is 15.3. The quantitative estimate of drug-likeness (QED) is 0.646. The number of benzene rings is 1. The maximum absolute atomic E-state index is 13.0. The highest BCUT2D eigenvalue weighted by molar-refractivity contribution is 7.89. The van der Waals surface area contributed by atoms with Gasteiger partial charge in [0.2, 0.25) is 10.0 Å². The number of amides is 2. The minimum atomic E-state index is -3.75. The molecule has 0 bridgehead atoms. The van der Waals surface area contributed by atoms with Gasteiger partial charge in [0.15, 0.2) is 17.3 Å². The molecule has 2 aromatic rings. The fourth-order valence-corrected chi connectivity index (χ4v) is 4.92. The number of carbonyl (C=O) groups excluding carboxylic acids is 2. The lowest BCUT2D eigenvalue weighted by molar-refractivity contribution is 0.0588. The minimum Gasteiger partial charge on any atom is -0.486 e. The molecule has 4 rings (SSSR count). The van der Waals surface area contributed by atoms with Crippen molar-refractivity contribution in [2.45, 2.75) is 4.90 Å². The van der Waals surface area contributed by atoms with Crippen molar-refractivity contribution in [1.29, 1.82) is 0 Å². The lowest BCUT2D eigenvalue weighted by Gasteiger charge is -2.33. The molecule has 0 aliphatic carbocycles. The lowest BCUT2D eigenvalue weighted by atomic mass is 10.3. The third kappa shape index (κ3) is 4.21. The maximum Gasteiger partial charge on any atom is 0.356 e. The molecule has 3 heterocycles. The Bertz CT molecular complexity index is 1140. The summed E-state index contributed by atoms with van der Waals surface area (Å²) in [5.74, 6) is 0.543. The van der Waals surface area contributed by atoms with Crippen molar-refractivity contribution in [3.05, 3.63) is 30.0 Å². The number of nitrogens with one attached hydrogen (secondary N) is 1. The van der Waals surface area contributed by atoms with Crippen molar-refractivity contribution in [1.82, 2.24) is 19.0 Å². The maximum atomic E-state index is 13.0. The van der Waals surface area contributed by atoms with E-state index in [1.165, 1.54) is 39.2 Å². The normalized spacial score (nSPS) is 16.5. The second-order valence-electron chi connectivity index (χ2n) is 7.16. The average Bonchev–Trinajstić information content (AvgIpc) is 3.18. The van der Waals surface area contributed by atoms with Gasteiger partial charge in [0, 0.05) is 45.4 Å². The molecule has 13 heteroatoms. The van der Waals surface area contributed by atoms with Crippen LogP contribution in [0.25, 0.3) is 0 Å². The fourth-order valence-electron chi connectivity index (χ4n) is 3.48. The summed E-state index contributed by atoms with van der Waals surface area (Å²) in [7, 11) is -0.931. The van der Waals surface area contributed by atoms with Crippen LogP contribution in [0.15, 0.2) is 29.2 Å². The highest BCUT2D eigenvalue weighted by atomic mass is 32.2. The second-order valence-corrected chi connectivity index (χ2v) is 9.09. The number of rotatable bonds is 4. The van der Waals surface area contributed by atoms with Gasteiger partial charge in [-0.25, -0.2) is 18.0 Å². The predicted octanol–water partition coefficient (Wildman–Crippen LogP) is 0.516. The zero-order valence-electron chi connectivity index (χ0n) is 17.6. The van der Waals surface area contributed by atoms with Gasteiger partial charge >= 0.3 is 12.0 Å². The summed E-state index contributed by atoms with van der Waals surface area (Å²) in [5, 5.41) is 6.69. The number of piperazine rings is 1. The average molecular weight is 465 g/mol. The van der Waals surface area contributed by atoms with E-state index in [1.54, 1.807) is 13.1 Å². The van der Waals surface area contributed by atoms with Gasteiger partial charge in [0.1, 0.15) is 18.9 Å². The molecule has 2 aliphatic rings. The molecule has 2 amide bonds. The van der Waals surface area contributed by atoms with E-state index in [4.69, 9.17) is 9.47 Å². The molecule has 12 nitrogen and oxygen atoms in total. The van der Waals surface area contributed by atoms with E-state index >= 15 is 0 Å². The van der Waals surface area contributed by atoms with E-state index in [2.05, 4.69) is 15.2 Å². The number of fused-ring (bicyclic) bond motifs is 1. The Hall–Kier alpha value is -3.32. The Morgan fingerprint density at radius 3 is 2.44 bits per heavy atom. The second kappa shape index (κ2) is 8.67. The molecule has 0 radical (unpaired) electrons. The monoisotopic (exact) mass is 465 g/mol. The van der Waals surface area contributed by atoms with E-state index < -0.39 is 22.0 Å². The smallest absolute Gasteiger partial charge is 0.356 e. The SMILES string of the molecule is COC(=O)c1cc(NC(=O)N2CCN(S(=O)(=O)c3ccc4c(c3)OCCO4)CC2)nn1C. The van der Waals surface area contributed by atoms with Crippen molar-refractivity contribution >= 4 is 27.8 Å². The molecule has 172 valence electrons. The van der Waals surface area contributed by atoms with Crippen LogP contribution in [-0.2, 0) is 21.8 Å². The fraction of sp³-hybridized carbons (Fsp3) is 0.421. The van der Waals surface area contributed by atoms with Crippen molar-refractivity contribution in [2.75, 3.05) is 51.8 Å². The number of esters is 1. The van der Waals surface area contributed by atoms with Crippen LogP contribution in [0.3, 0.4) is 0 Å². The molecule has 1 N–H and O–H groups in total. The molecule has 1 aromatic carbocycles. The van der Waals surface area contributed by atoms with Gasteiger partial charge in [-0.2, -0.15) is 9.40 Å². The number of anilines is 1. The lowest BCUT2D eigenvalue weighted by Crippen LogP contribution is -2.51. The number of urea groups is 1. The van der Waals surface area contributed by atoms with Gasteiger partial charge < -0.3 is 19.1 Å². The van der Waals surface area contributed by atoms with E-state index in [0.717, 1.165) is 0 Å². The molecule has 1 saturated heterocycles. The Labute approximate surface area is 184 Å². The third-order valence-electron chi connectivity index (χ3n) is 5.19. The van der Waals surface area contributed by atoms with Gasteiger partial charge in [-0.1, -0.05) is 0 Å². The van der Waals surface area contributed by atoms with Crippen molar-refractivity contribution in [3.8, 4) is 11.5 Å². The van der Waals surface area contributed by atoms with Crippen molar-refractivity contribution < 1.29 is 32.2 Å². The zero-order valence-corrected chi connectivity index (χ0v) is 18.4. The van der Waals surface area contributed by atoms with E-state index in [0.29, 0.717) is 24.7 Å². The Morgan fingerprint density at radius 2 is 1.75 bits per heavy atom. The summed E-state index contributed by atoms with van der Waals surface area (Å²) >= 11 is 0. The molecule has 0 unspecified atom stereocenters. The first kappa shape index (κ1) is 21.9. The molecular weight excluding hydrogens is 442 g/mol.